The monoisotopic (exact) mass is 728 g/mol. The van der Waals surface area contributed by atoms with Gasteiger partial charge >= 0.3 is 0 Å². The second-order valence-electron chi connectivity index (χ2n) is 10.5. The molecule has 48 heavy (non-hydrogen) atoms. The van der Waals surface area contributed by atoms with Crippen LogP contribution in [0.1, 0.15) is 44.2 Å². The van der Waals surface area contributed by atoms with Crippen LogP contribution in [0.15, 0.2) is 134 Å². The quantitative estimate of drug-likeness (QED) is 0.103. The van der Waals surface area contributed by atoms with Gasteiger partial charge in [0.2, 0.25) is 0 Å². The van der Waals surface area contributed by atoms with E-state index in [1.807, 2.05) is 85.2 Å². The molecule has 0 atom stereocenters. The van der Waals surface area contributed by atoms with Crippen LogP contribution in [0.4, 0.5) is 0 Å². The van der Waals surface area contributed by atoms with Gasteiger partial charge in [0.15, 0.2) is 0 Å². The van der Waals surface area contributed by atoms with Crippen molar-refractivity contribution in [3.8, 4) is 34.2 Å². The Balaban J connectivity index is 0.000000262. The second-order valence-corrected chi connectivity index (χ2v) is 10.5. The third-order valence-electron chi connectivity index (χ3n) is 6.93. The molecule has 6 aromatic rings. The molecule has 0 spiro atoms. The average molecular weight is 728 g/mol. The van der Waals surface area contributed by atoms with Crippen LogP contribution in [0, 0.1) is 0 Å². The van der Waals surface area contributed by atoms with E-state index in [9.17, 15) is 0 Å². The number of rotatable bonds is 11. The fraction of sp³-hybridized carbons (Fsp3) is 0.231. The predicted octanol–water partition coefficient (Wildman–Crippen LogP) is 7.63. The van der Waals surface area contributed by atoms with Gasteiger partial charge in [0, 0.05) is 56.7 Å². The number of aryl methyl sites for hydroxylation is 2. The molecule has 6 heterocycles. The van der Waals surface area contributed by atoms with Crippen LogP contribution in [0.3, 0.4) is 0 Å². The Morgan fingerprint density at radius 2 is 0.688 bits per heavy atom. The fourth-order valence-corrected chi connectivity index (χ4v) is 4.54. The normalized spacial score (nSPS) is 9.79. The first kappa shape index (κ1) is 39.6. The standard InChI is InChI=1S/C18H26N4.2C10H8N2.CH4.Ru/c19-9-3-1-5-15-7-11-21-17(13-15)18-14-16(8-12-22-18)6-2-4-10-20;2*1-3-7-11-9(5-1)10-6-2-4-8-12-10;;/h7-8,11-14H,1-6,9-10,19-20H2;2*1-8H;1H4;. The summed E-state index contributed by atoms with van der Waals surface area (Å²) in [5.74, 6) is 0. The van der Waals surface area contributed by atoms with Gasteiger partial charge in [-0.15, -0.1) is 0 Å². The molecule has 0 unspecified atom stereocenters. The summed E-state index contributed by atoms with van der Waals surface area (Å²) in [5, 5.41) is 0. The molecule has 250 valence electrons. The maximum absolute atomic E-state index is 5.55. The average Bonchev–Trinajstić information content (AvgIpc) is 3.14. The molecule has 0 aliphatic rings. The van der Waals surface area contributed by atoms with Gasteiger partial charge in [0.1, 0.15) is 0 Å². The SMILES string of the molecule is C.NCCCCc1ccnc(-c2cc(CCCCN)ccn2)c1.[Ru].c1ccc(-c2ccccn2)nc1.c1ccc(-c2ccccn2)nc1. The largest absolute Gasteiger partial charge is 0.330 e. The van der Waals surface area contributed by atoms with Gasteiger partial charge in [0.25, 0.3) is 0 Å². The van der Waals surface area contributed by atoms with E-state index in [4.69, 9.17) is 11.5 Å². The Morgan fingerprint density at radius 3 is 0.958 bits per heavy atom. The van der Waals surface area contributed by atoms with Gasteiger partial charge < -0.3 is 11.5 Å². The summed E-state index contributed by atoms with van der Waals surface area (Å²) in [6, 6.07) is 31.6. The van der Waals surface area contributed by atoms with Crippen LogP contribution in [-0.2, 0) is 32.3 Å². The van der Waals surface area contributed by atoms with E-state index in [2.05, 4.69) is 54.2 Å². The molecule has 0 bridgehead atoms. The van der Waals surface area contributed by atoms with Crippen molar-refractivity contribution in [1.29, 1.82) is 0 Å². The van der Waals surface area contributed by atoms with Gasteiger partial charge in [-0.2, -0.15) is 0 Å². The van der Waals surface area contributed by atoms with E-state index < -0.39 is 0 Å². The molecule has 0 radical (unpaired) electrons. The summed E-state index contributed by atoms with van der Waals surface area (Å²) in [5.41, 5.74) is 19.3. The van der Waals surface area contributed by atoms with E-state index in [-0.39, 0.29) is 26.9 Å². The summed E-state index contributed by atoms with van der Waals surface area (Å²) >= 11 is 0. The summed E-state index contributed by atoms with van der Waals surface area (Å²) < 4.78 is 0. The molecule has 6 aromatic heterocycles. The summed E-state index contributed by atoms with van der Waals surface area (Å²) in [4.78, 5) is 25.7. The molecule has 4 N–H and O–H groups in total. The maximum Gasteiger partial charge on any atom is 0.0888 e. The van der Waals surface area contributed by atoms with Crippen molar-refractivity contribution in [2.75, 3.05) is 13.1 Å². The third kappa shape index (κ3) is 14.1. The molecule has 0 saturated heterocycles. The fourth-order valence-electron chi connectivity index (χ4n) is 4.54. The van der Waals surface area contributed by atoms with E-state index in [1.54, 1.807) is 24.8 Å². The Labute approximate surface area is 298 Å². The molecule has 0 fully saturated rings. The van der Waals surface area contributed by atoms with Crippen LogP contribution in [0.25, 0.3) is 34.2 Å². The molecule has 0 saturated carbocycles. The molecule has 8 nitrogen and oxygen atoms in total. The Morgan fingerprint density at radius 1 is 0.375 bits per heavy atom. The smallest absolute Gasteiger partial charge is 0.0888 e. The van der Waals surface area contributed by atoms with E-state index in [0.29, 0.717) is 0 Å². The molecule has 0 aromatic carbocycles. The van der Waals surface area contributed by atoms with Gasteiger partial charge in [-0.05, 0) is 136 Å². The number of hydrogen-bond acceptors (Lipinski definition) is 8. The van der Waals surface area contributed by atoms with Crippen molar-refractivity contribution >= 4 is 0 Å². The third-order valence-corrected chi connectivity index (χ3v) is 6.93. The van der Waals surface area contributed by atoms with Crippen LogP contribution in [-0.4, -0.2) is 43.0 Å². The van der Waals surface area contributed by atoms with E-state index in [0.717, 1.165) is 85.8 Å². The van der Waals surface area contributed by atoms with Gasteiger partial charge in [-0.1, -0.05) is 31.7 Å². The van der Waals surface area contributed by atoms with Gasteiger partial charge in [-0.3, -0.25) is 29.9 Å². The first-order valence-corrected chi connectivity index (χ1v) is 15.7. The first-order valence-electron chi connectivity index (χ1n) is 15.7. The van der Waals surface area contributed by atoms with Crippen LogP contribution in [0.5, 0.6) is 0 Å². The van der Waals surface area contributed by atoms with Crippen molar-refractivity contribution in [2.24, 2.45) is 11.5 Å². The number of nitrogens with two attached hydrogens (primary N) is 2. The zero-order chi connectivity index (χ0) is 32.1. The number of unbranched alkanes of at least 4 members (excludes halogenated alkanes) is 2. The molecule has 6 rings (SSSR count). The van der Waals surface area contributed by atoms with Gasteiger partial charge in [0.05, 0.1) is 34.2 Å². The van der Waals surface area contributed by atoms with Crippen molar-refractivity contribution < 1.29 is 19.5 Å². The van der Waals surface area contributed by atoms with Crippen molar-refractivity contribution in [2.45, 2.75) is 46.0 Å². The van der Waals surface area contributed by atoms with E-state index in [1.165, 1.54) is 11.1 Å². The Hall–Kier alpha value is -4.56. The molecule has 0 amide bonds. The maximum atomic E-state index is 5.55. The summed E-state index contributed by atoms with van der Waals surface area (Å²) in [6.07, 6.45) is 17.3. The summed E-state index contributed by atoms with van der Waals surface area (Å²) in [7, 11) is 0. The first-order chi connectivity index (χ1) is 22.8. The number of pyridine rings is 6. The van der Waals surface area contributed by atoms with Crippen molar-refractivity contribution in [3.05, 3.63) is 145 Å². The van der Waals surface area contributed by atoms with Gasteiger partial charge in [-0.25, -0.2) is 0 Å². The Bertz CT molecular complexity index is 1460. The molecule has 0 aliphatic heterocycles. The second kappa shape index (κ2) is 23.7. The van der Waals surface area contributed by atoms with Crippen molar-refractivity contribution in [3.63, 3.8) is 0 Å². The minimum Gasteiger partial charge on any atom is -0.330 e. The molecular weight excluding hydrogens is 682 g/mol. The topological polar surface area (TPSA) is 129 Å². The van der Waals surface area contributed by atoms with Crippen LogP contribution >= 0.6 is 0 Å². The molecule has 9 heteroatoms. The molecule has 0 aliphatic carbocycles. The number of aromatic nitrogens is 6. The number of nitrogens with zero attached hydrogens (tertiary/aromatic N) is 6. The minimum absolute atomic E-state index is 0. The summed E-state index contributed by atoms with van der Waals surface area (Å²) in [6.45, 7) is 1.51. The predicted molar refractivity (Wildman–Crippen MR) is 193 cm³/mol. The van der Waals surface area contributed by atoms with E-state index >= 15 is 0 Å². The molecular formula is C39H46N8Ru. The van der Waals surface area contributed by atoms with Crippen LogP contribution in [0.2, 0.25) is 0 Å². The Kier molecular flexibility index (Phi) is 19.6. The minimum atomic E-state index is 0. The zero-order valence-electron chi connectivity index (χ0n) is 26.6. The van der Waals surface area contributed by atoms with Crippen molar-refractivity contribution in [1.82, 2.24) is 29.9 Å². The van der Waals surface area contributed by atoms with Crippen LogP contribution < -0.4 is 11.5 Å². The number of hydrogen-bond donors (Lipinski definition) is 2. The zero-order valence-corrected chi connectivity index (χ0v) is 28.3.